The van der Waals surface area contributed by atoms with Gasteiger partial charge in [-0.2, -0.15) is 0 Å². The summed E-state index contributed by atoms with van der Waals surface area (Å²) in [7, 11) is 0. The van der Waals surface area contributed by atoms with Gasteiger partial charge in [0.15, 0.2) is 0 Å². The number of esters is 1. The minimum atomic E-state index is -0.379. The van der Waals surface area contributed by atoms with Crippen molar-refractivity contribution in [1.82, 2.24) is 0 Å². The molecule has 124 valence electrons. The molecule has 0 amide bonds. The molecule has 0 atom stereocenters. The van der Waals surface area contributed by atoms with Gasteiger partial charge in [0, 0.05) is 18.4 Å². The second-order valence-corrected chi connectivity index (χ2v) is 5.53. The van der Waals surface area contributed by atoms with Crippen molar-refractivity contribution in [3.8, 4) is 11.8 Å². The fourth-order valence-corrected chi connectivity index (χ4v) is 2.15. The molecule has 1 heterocycles. The quantitative estimate of drug-likeness (QED) is 0.319. The van der Waals surface area contributed by atoms with Gasteiger partial charge in [0.25, 0.3) is 0 Å². The van der Waals surface area contributed by atoms with Gasteiger partial charge in [0.2, 0.25) is 0 Å². The number of unbranched alkanes of at least 4 members (excludes halogenated alkanes) is 2. The molecule has 0 saturated heterocycles. The minimum absolute atomic E-state index is 0.164. The van der Waals surface area contributed by atoms with E-state index in [1.807, 2.05) is 30.3 Å². The van der Waals surface area contributed by atoms with E-state index < -0.39 is 0 Å². The molecule has 0 radical (unpaired) electrons. The number of rotatable bonds is 7. The van der Waals surface area contributed by atoms with Gasteiger partial charge in [0.1, 0.15) is 12.4 Å². The number of hydrogen-bond acceptors (Lipinski definition) is 3. The number of benzene rings is 1. The van der Waals surface area contributed by atoms with E-state index in [1.165, 1.54) is 0 Å². The molecule has 1 aromatic heterocycles. The van der Waals surface area contributed by atoms with Crippen molar-refractivity contribution in [2.75, 3.05) is 6.61 Å². The van der Waals surface area contributed by atoms with Crippen LogP contribution in [0.3, 0.4) is 0 Å². The second-order valence-electron chi connectivity index (χ2n) is 5.53. The fraction of sp³-hybridized carbons (Fsp3) is 0.286. The average Bonchev–Trinajstić information content (AvgIpc) is 3.10. The Hall–Kier alpha value is -2.73. The third kappa shape index (κ3) is 5.48. The lowest BCUT2D eigenvalue weighted by molar-refractivity contribution is 0.0537. The third-order valence-electron chi connectivity index (χ3n) is 3.44. The summed E-state index contributed by atoms with van der Waals surface area (Å²) in [4.78, 5) is 12.3. The molecule has 24 heavy (non-hydrogen) atoms. The molecule has 0 aliphatic rings. The molecule has 0 saturated carbocycles. The second kappa shape index (κ2) is 9.42. The number of ether oxygens (including phenoxy) is 1. The number of carbonyl (C=O) groups is 1. The maximum Gasteiger partial charge on any atom is 0.339 e. The van der Waals surface area contributed by atoms with Crippen LogP contribution in [-0.2, 0) is 11.2 Å². The molecule has 2 aromatic rings. The van der Waals surface area contributed by atoms with Gasteiger partial charge < -0.3 is 9.15 Å². The zero-order valence-electron chi connectivity index (χ0n) is 14.0. The first kappa shape index (κ1) is 17.6. The number of furan rings is 1. The Morgan fingerprint density at radius 1 is 1.25 bits per heavy atom. The Morgan fingerprint density at radius 2 is 2.08 bits per heavy atom. The molecule has 0 fully saturated rings. The molecule has 1 aromatic carbocycles. The molecule has 3 nitrogen and oxygen atoms in total. The zero-order valence-corrected chi connectivity index (χ0v) is 14.0. The SMILES string of the molecule is C=C(COC(=O)c1ccccc1C#CCCCC)Cc1ccco1. The van der Waals surface area contributed by atoms with Crippen LogP contribution in [0.15, 0.2) is 59.2 Å². The normalized spacial score (nSPS) is 9.88. The molecular weight excluding hydrogens is 300 g/mol. The summed E-state index contributed by atoms with van der Waals surface area (Å²) in [6, 6.07) is 11.0. The van der Waals surface area contributed by atoms with Crippen LogP contribution in [-0.4, -0.2) is 12.6 Å². The van der Waals surface area contributed by atoms with E-state index in [1.54, 1.807) is 12.3 Å². The molecular formula is C21H22O3. The largest absolute Gasteiger partial charge is 0.469 e. The minimum Gasteiger partial charge on any atom is -0.469 e. The molecule has 2 rings (SSSR count). The van der Waals surface area contributed by atoms with Crippen molar-refractivity contribution in [1.29, 1.82) is 0 Å². The predicted octanol–water partition coefficient (Wildman–Crippen LogP) is 4.78. The Labute approximate surface area is 143 Å². The molecule has 0 aliphatic heterocycles. The van der Waals surface area contributed by atoms with Gasteiger partial charge in [-0.1, -0.05) is 43.9 Å². The summed E-state index contributed by atoms with van der Waals surface area (Å²) >= 11 is 0. The molecule has 0 spiro atoms. The first-order chi connectivity index (χ1) is 11.7. The Balaban J connectivity index is 1.94. The molecule has 0 bridgehead atoms. The highest BCUT2D eigenvalue weighted by Crippen LogP contribution is 2.12. The van der Waals surface area contributed by atoms with Gasteiger partial charge in [0.05, 0.1) is 11.8 Å². The highest BCUT2D eigenvalue weighted by molar-refractivity contribution is 5.92. The van der Waals surface area contributed by atoms with Crippen molar-refractivity contribution in [2.45, 2.75) is 32.6 Å². The van der Waals surface area contributed by atoms with E-state index in [4.69, 9.17) is 9.15 Å². The first-order valence-electron chi connectivity index (χ1n) is 8.14. The van der Waals surface area contributed by atoms with E-state index in [0.717, 1.165) is 30.6 Å². The standard InChI is InChI=1S/C21H22O3/c1-3-4-5-6-10-18-11-7-8-13-20(18)21(22)24-16-17(2)15-19-12-9-14-23-19/h7-9,11-14H,2-5,15-16H2,1H3. The smallest absolute Gasteiger partial charge is 0.339 e. The van der Waals surface area contributed by atoms with Crippen molar-refractivity contribution < 1.29 is 13.9 Å². The van der Waals surface area contributed by atoms with Crippen LogP contribution < -0.4 is 0 Å². The molecule has 0 unspecified atom stereocenters. The highest BCUT2D eigenvalue weighted by atomic mass is 16.5. The summed E-state index contributed by atoms with van der Waals surface area (Å²) in [5, 5.41) is 0. The first-order valence-corrected chi connectivity index (χ1v) is 8.14. The molecule has 3 heteroatoms. The van der Waals surface area contributed by atoms with Crippen LogP contribution in [0, 0.1) is 11.8 Å². The lowest BCUT2D eigenvalue weighted by Crippen LogP contribution is -2.10. The third-order valence-corrected chi connectivity index (χ3v) is 3.44. The maximum atomic E-state index is 12.3. The van der Waals surface area contributed by atoms with Gasteiger partial charge in [-0.05, 0) is 36.3 Å². The monoisotopic (exact) mass is 322 g/mol. The summed E-state index contributed by atoms with van der Waals surface area (Å²) in [6.07, 6.45) is 5.17. The lowest BCUT2D eigenvalue weighted by atomic mass is 10.1. The van der Waals surface area contributed by atoms with Crippen LogP contribution in [0.4, 0.5) is 0 Å². The van der Waals surface area contributed by atoms with Crippen LogP contribution in [0.5, 0.6) is 0 Å². The predicted molar refractivity (Wildman–Crippen MR) is 94.7 cm³/mol. The number of hydrogen-bond donors (Lipinski definition) is 0. The molecule has 0 N–H and O–H groups in total. The van der Waals surface area contributed by atoms with E-state index in [9.17, 15) is 4.79 Å². The Kier molecular flexibility index (Phi) is 6.91. The lowest BCUT2D eigenvalue weighted by Gasteiger charge is -2.08. The van der Waals surface area contributed by atoms with Crippen LogP contribution >= 0.6 is 0 Å². The Morgan fingerprint density at radius 3 is 2.83 bits per heavy atom. The van der Waals surface area contributed by atoms with Crippen molar-refractivity contribution in [3.63, 3.8) is 0 Å². The summed E-state index contributed by atoms with van der Waals surface area (Å²) in [6.45, 7) is 6.21. The van der Waals surface area contributed by atoms with E-state index >= 15 is 0 Å². The van der Waals surface area contributed by atoms with Crippen molar-refractivity contribution in [3.05, 3.63) is 71.7 Å². The summed E-state index contributed by atoms with van der Waals surface area (Å²) in [5.41, 5.74) is 1.98. The van der Waals surface area contributed by atoms with Crippen LogP contribution in [0.1, 0.15) is 47.9 Å². The van der Waals surface area contributed by atoms with E-state index in [2.05, 4.69) is 25.3 Å². The highest BCUT2D eigenvalue weighted by Gasteiger charge is 2.12. The summed E-state index contributed by atoms with van der Waals surface area (Å²) in [5.74, 6) is 6.59. The zero-order chi connectivity index (χ0) is 17.2. The van der Waals surface area contributed by atoms with E-state index in [-0.39, 0.29) is 12.6 Å². The average molecular weight is 322 g/mol. The number of carbonyl (C=O) groups excluding carboxylic acids is 1. The maximum absolute atomic E-state index is 12.3. The van der Waals surface area contributed by atoms with Crippen LogP contribution in [0.25, 0.3) is 0 Å². The van der Waals surface area contributed by atoms with Crippen molar-refractivity contribution in [2.24, 2.45) is 0 Å². The van der Waals surface area contributed by atoms with Gasteiger partial charge >= 0.3 is 5.97 Å². The fourth-order valence-electron chi connectivity index (χ4n) is 2.15. The van der Waals surface area contributed by atoms with Gasteiger partial charge in [-0.25, -0.2) is 4.79 Å². The van der Waals surface area contributed by atoms with Crippen molar-refractivity contribution >= 4 is 5.97 Å². The van der Waals surface area contributed by atoms with Crippen LogP contribution in [0.2, 0.25) is 0 Å². The van der Waals surface area contributed by atoms with Gasteiger partial charge in [-0.15, -0.1) is 0 Å². The van der Waals surface area contributed by atoms with Gasteiger partial charge in [-0.3, -0.25) is 0 Å². The molecule has 0 aliphatic carbocycles. The van der Waals surface area contributed by atoms with E-state index in [0.29, 0.717) is 17.5 Å². The Bertz CT molecular complexity index is 730. The topological polar surface area (TPSA) is 39.4 Å². The summed E-state index contributed by atoms with van der Waals surface area (Å²) < 4.78 is 10.6.